The molecule has 0 fully saturated rings. The summed E-state index contributed by atoms with van der Waals surface area (Å²) in [6.45, 7) is 9.40. The second-order valence-electron chi connectivity index (χ2n) is 6.34. The predicted molar refractivity (Wildman–Crippen MR) is 80.5 cm³/mol. The van der Waals surface area contributed by atoms with Crippen LogP contribution in [0.3, 0.4) is 0 Å². The summed E-state index contributed by atoms with van der Waals surface area (Å²) in [5, 5.41) is 0. The van der Waals surface area contributed by atoms with Crippen molar-refractivity contribution in [2.24, 2.45) is 11.8 Å². The first-order valence-electron chi connectivity index (χ1n) is 8.16. The summed E-state index contributed by atoms with van der Waals surface area (Å²) in [4.78, 5) is 0. The lowest BCUT2D eigenvalue weighted by Gasteiger charge is -2.11. The Balaban J connectivity index is 3.13. The van der Waals surface area contributed by atoms with Gasteiger partial charge >= 0.3 is 0 Å². The molecule has 0 heterocycles. The summed E-state index contributed by atoms with van der Waals surface area (Å²) >= 11 is 0. The normalized spacial score (nSPS) is 13.2. The van der Waals surface area contributed by atoms with Crippen molar-refractivity contribution in [1.29, 1.82) is 0 Å². The van der Waals surface area contributed by atoms with Crippen LogP contribution in [0, 0.1) is 11.8 Å². The zero-order valence-electron chi connectivity index (χ0n) is 12.9. The van der Waals surface area contributed by atoms with E-state index in [-0.39, 0.29) is 0 Å². The molecule has 0 spiro atoms. The van der Waals surface area contributed by atoms with Gasteiger partial charge in [-0.25, -0.2) is 0 Å². The quantitative estimate of drug-likeness (QED) is 0.338. The molecule has 0 saturated carbocycles. The molecule has 0 aromatic rings. The van der Waals surface area contributed by atoms with Crippen LogP contribution in [0.1, 0.15) is 98.3 Å². The Morgan fingerprint density at radius 1 is 0.588 bits per heavy atom. The summed E-state index contributed by atoms with van der Waals surface area (Å²) in [5.41, 5.74) is 0. The van der Waals surface area contributed by atoms with Crippen molar-refractivity contribution >= 4 is 0 Å². The lowest BCUT2D eigenvalue weighted by Crippen LogP contribution is -1.95. The molecule has 0 nitrogen and oxygen atoms in total. The fourth-order valence-corrected chi connectivity index (χ4v) is 2.46. The van der Waals surface area contributed by atoms with Gasteiger partial charge in [0, 0.05) is 0 Å². The third-order valence-corrected chi connectivity index (χ3v) is 3.78. The van der Waals surface area contributed by atoms with Crippen molar-refractivity contribution in [3.8, 4) is 0 Å². The smallest absolute Gasteiger partial charge is 0.0443 e. The topological polar surface area (TPSA) is 0 Å². The Morgan fingerprint density at radius 2 is 1.06 bits per heavy atom. The third-order valence-electron chi connectivity index (χ3n) is 3.78. The molecule has 104 valence electrons. The van der Waals surface area contributed by atoms with Gasteiger partial charge in [0.25, 0.3) is 0 Å². The molecule has 17 heavy (non-hydrogen) atoms. The fourth-order valence-electron chi connectivity index (χ4n) is 2.46. The van der Waals surface area contributed by atoms with Gasteiger partial charge in [0.1, 0.15) is 0 Å². The van der Waals surface area contributed by atoms with Crippen molar-refractivity contribution in [2.75, 3.05) is 0 Å². The van der Waals surface area contributed by atoms with Gasteiger partial charge in [0.05, 0.1) is 0 Å². The van der Waals surface area contributed by atoms with E-state index < -0.39 is 0 Å². The van der Waals surface area contributed by atoms with Gasteiger partial charge in [0.15, 0.2) is 0 Å². The fraction of sp³-hybridized carbons (Fsp3) is 1.00. The maximum absolute atomic E-state index is 2.44. The van der Waals surface area contributed by atoms with Crippen molar-refractivity contribution in [2.45, 2.75) is 98.3 Å². The van der Waals surface area contributed by atoms with Crippen LogP contribution in [-0.2, 0) is 0 Å². The van der Waals surface area contributed by atoms with Crippen LogP contribution in [0.25, 0.3) is 0 Å². The minimum Gasteiger partial charge on any atom is -0.0654 e. The Bertz CT molecular complexity index is 137. The molecule has 0 saturated heterocycles. The summed E-state index contributed by atoms with van der Waals surface area (Å²) in [6.07, 6.45) is 15.9. The molecule has 0 N–H and O–H groups in total. The molecule has 0 bridgehead atoms. The molecule has 0 radical (unpaired) electrons. The standard InChI is InChI=1S/C17H36/c1-5-6-7-11-14-17(4)15-12-9-8-10-13-16(2)3/h16-17H,5-15H2,1-4H3. The van der Waals surface area contributed by atoms with Crippen molar-refractivity contribution in [3.63, 3.8) is 0 Å². The molecule has 0 rings (SSSR count). The zero-order valence-corrected chi connectivity index (χ0v) is 12.9. The van der Waals surface area contributed by atoms with E-state index in [1.165, 1.54) is 70.6 Å². The van der Waals surface area contributed by atoms with Crippen molar-refractivity contribution in [1.82, 2.24) is 0 Å². The minimum atomic E-state index is 0.896. The molecule has 0 amide bonds. The highest BCUT2D eigenvalue weighted by Crippen LogP contribution is 2.18. The molecule has 0 aromatic carbocycles. The SMILES string of the molecule is CCCCCCC(C)CCCCCCC(C)C. The summed E-state index contributed by atoms with van der Waals surface area (Å²) in [6, 6.07) is 0. The maximum Gasteiger partial charge on any atom is -0.0443 e. The van der Waals surface area contributed by atoms with Crippen molar-refractivity contribution < 1.29 is 0 Å². The molecule has 0 heteroatoms. The van der Waals surface area contributed by atoms with Crippen LogP contribution < -0.4 is 0 Å². The van der Waals surface area contributed by atoms with Crippen LogP contribution in [-0.4, -0.2) is 0 Å². The minimum absolute atomic E-state index is 0.896. The molecule has 1 atom stereocenters. The largest absolute Gasteiger partial charge is 0.0654 e. The van der Waals surface area contributed by atoms with Gasteiger partial charge in [-0.2, -0.15) is 0 Å². The lowest BCUT2D eigenvalue weighted by molar-refractivity contribution is 0.429. The first-order valence-corrected chi connectivity index (χ1v) is 8.16. The number of hydrogen-bond donors (Lipinski definition) is 0. The molecule has 0 aliphatic rings. The van der Waals surface area contributed by atoms with E-state index in [4.69, 9.17) is 0 Å². The van der Waals surface area contributed by atoms with Gasteiger partial charge in [0.2, 0.25) is 0 Å². The first kappa shape index (κ1) is 17.0. The van der Waals surface area contributed by atoms with Gasteiger partial charge < -0.3 is 0 Å². The third kappa shape index (κ3) is 13.9. The Hall–Kier alpha value is 0. The van der Waals surface area contributed by atoms with E-state index in [2.05, 4.69) is 27.7 Å². The zero-order chi connectivity index (χ0) is 12.9. The maximum atomic E-state index is 2.44. The van der Waals surface area contributed by atoms with Gasteiger partial charge in [-0.3, -0.25) is 0 Å². The highest BCUT2D eigenvalue weighted by molar-refractivity contribution is 4.55. The van der Waals surface area contributed by atoms with Crippen LogP contribution >= 0.6 is 0 Å². The summed E-state index contributed by atoms with van der Waals surface area (Å²) in [7, 11) is 0. The average molecular weight is 240 g/mol. The molecular weight excluding hydrogens is 204 g/mol. The van der Waals surface area contributed by atoms with E-state index >= 15 is 0 Å². The molecule has 0 aliphatic heterocycles. The predicted octanol–water partition coefficient (Wildman–Crippen LogP) is 6.59. The number of unbranched alkanes of at least 4 members (excludes halogenated alkanes) is 6. The van der Waals surface area contributed by atoms with Crippen LogP contribution in [0.5, 0.6) is 0 Å². The lowest BCUT2D eigenvalue weighted by atomic mass is 9.96. The van der Waals surface area contributed by atoms with Crippen LogP contribution in [0.2, 0.25) is 0 Å². The number of hydrogen-bond acceptors (Lipinski definition) is 0. The van der Waals surface area contributed by atoms with E-state index in [0.29, 0.717) is 0 Å². The Morgan fingerprint density at radius 3 is 1.53 bits per heavy atom. The highest BCUT2D eigenvalue weighted by Gasteiger charge is 2.02. The monoisotopic (exact) mass is 240 g/mol. The summed E-state index contributed by atoms with van der Waals surface area (Å²) < 4.78 is 0. The molecule has 0 aromatic heterocycles. The summed E-state index contributed by atoms with van der Waals surface area (Å²) in [5.74, 6) is 1.87. The molecule has 1 unspecified atom stereocenters. The van der Waals surface area contributed by atoms with Crippen LogP contribution in [0.4, 0.5) is 0 Å². The van der Waals surface area contributed by atoms with Crippen LogP contribution in [0.15, 0.2) is 0 Å². The van der Waals surface area contributed by atoms with E-state index in [1.807, 2.05) is 0 Å². The van der Waals surface area contributed by atoms with E-state index in [0.717, 1.165) is 11.8 Å². The Kier molecular flexibility index (Phi) is 12.5. The number of rotatable bonds is 12. The first-order chi connectivity index (χ1) is 8.16. The molecular formula is C17H36. The molecule has 0 aliphatic carbocycles. The average Bonchev–Trinajstić information content (AvgIpc) is 2.29. The van der Waals surface area contributed by atoms with Gasteiger partial charge in [-0.15, -0.1) is 0 Å². The second-order valence-corrected chi connectivity index (χ2v) is 6.34. The Labute approximate surface area is 111 Å². The van der Waals surface area contributed by atoms with Gasteiger partial charge in [-0.05, 0) is 11.8 Å². The van der Waals surface area contributed by atoms with Gasteiger partial charge in [-0.1, -0.05) is 98.3 Å². The highest BCUT2D eigenvalue weighted by atomic mass is 14.1. The van der Waals surface area contributed by atoms with Crippen molar-refractivity contribution in [3.05, 3.63) is 0 Å². The van der Waals surface area contributed by atoms with E-state index in [9.17, 15) is 0 Å². The van der Waals surface area contributed by atoms with E-state index in [1.54, 1.807) is 0 Å². The second kappa shape index (κ2) is 12.5.